The van der Waals surface area contributed by atoms with Gasteiger partial charge in [0.05, 0.1) is 6.33 Å². The van der Waals surface area contributed by atoms with Crippen LogP contribution in [0, 0.1) is 0 Å². The molecule has 142 valence electrons. The van der Waals surface area contributed by atoms with Gasteiger partial charge in [0.15, 0.2) is 11.5 Å². The summed E-state index contributed by atoms with van der Waals surface area (Å²) in [5.74, 6) is 0.866. The summed E-state index contributed by atoms with van der Waals surface area (Å²) in [4.78, 5) is 18.1. The molecule has 3 N–H and O–H groups in total. The summed E-state index contributed by atoms with van der Waals surface area (Å²) in [5, 5.41) is 3.26. The van der Waals surface area contributed by atoms with Gasteiger partial charge in [-0.05, 0) is 45.2 Å². The average Bonchev–Trinajstić information content (AvgIpc) is 3.08. The van der Waals surface area contributed by atoms with Crippen LogP contribution in [0.1, 0.15) is 19.9 Å². The molecule has 0 amide bonds. The maximum absolute atomic E-state index is 6.08. The largest absolute Gasteiger partial charge is 0.382 e. The van der Waals surface area contributed by atoms with Crippen LogP contribution < -0.4 is 16.0 Å². The van der Waals surface area contributed by atoms with Crippen molar-refractivity contribution in [1.82, 2.24) is 24.4 Å². The highest BCUT2D eigenvalue weighted by Gasteiger charge is 2.15. The molecule has 4 rings (SSSR count). The van der Waals surface area contributed by atoms with E-state index >= 15 is 0 Å². The summed E-state index contributed by atoms with van der Waals surface area (Å²) >= 11 is 0. The van der Waals surface area contributed by atoms with Crippen molar-refractivity contribution in [2.24, 2.45) is 0 Å². The number of hydrogen-bond donors (Lipinski definition) is 2. The summed E-state index contributed by atoms with van der Waals surface area (Å²) in [6.07, 6.45) is 1.76. The molecule has 2 aromatic heterocycles. The van der Waals surface area contributed by atoms with E-state index in [0.717, 1.165) is 37.5 Å². The predicted octanol–water partition coefficient (Wildman–Crippen LogP) is 2.48. The van der Waals surface area contributed by atoms with Crippen LogP contribution >= 0.6 is 0 Å². The van der Waals surface area contributed by atoms with Gasteiger partial charge in [-0.25, -0.2) is 4.98 Å². The molecule has 1 aromatic carbocycles. The Labute approximate surface area is 159 Å². The zero-order chi connectivity index (χ0) is 19.0. The van der Waals surface area contributed by atoms with Crippen molar-refractivity contribution in [3.05, 3.63) is 30.6 Å². The number of aromatic nitrogens is 4. The first-order valence-corrected chi connectivity index (χ1v) is 9.32. The number of likely N-dealkylation sites (N-methyl/N-ethyl adjacent to an activating group) is 1. The number of nitrogens with zero attached hydrogens (tertiary/aromatic N) is 6. The molecule has 0 unspecified atom stereocenters. The highest BCUT2D eigenvalue weighted by molar-refractivity contribution is 5.83. The summed E-state index contributed by atoms with van der Waals surface area (Å²) in [5.41, 5.74) is 9.63. The van der Waals surface area contributed by atoms with Crippen LogP contribution in [0.2, 0.25) is 0 Å². The predicted molar refractivity (Wildman–Crippen MR) is 110 cm³/mol. The van der Waals surface area contributed by atoms with Gasteiger partial charge in [-0.3, -0.25) is 0 Å². The number of piperazine rings is 1. The Morgan fingerprint density at radius 2 is 1.74 bits per heavy atom. The minimum absolute atomic E-state index is 0.250. The Kier molecular flexibility index (Phi) is 4.57. The van der Waals surface area contributed by atoms with Gasteiger partial charge in [0.25, 0.3) is 0 Å². The molecule has 27 heavy (non-hydrogen) atoms. The lowest BCUT2D eigenvalue weighted by Crippen LogP contribution is -2.44. The van der Waals surface area contributed by atoms with Crippen molar-refractivity contribution in [3.63, 3.8) is 0 Å². The number of nitrogen functional groups attached to an aromatic ring is 1. The fourth-order valence-corrected chi connectivity index (χ4v) is 3.32. The van der Waals surface area contributed by atoms with Gasteiger partial charge in [-0.1, -0.05) is 0 Å². The van der Waals surface area contributed by atoms with E-state index in [1.54, 1.807) is 6.33 Å². The molecular formula is C19H26N8. The minimum Gasteiger partial charge on any atom is -0.382 e. The quantitative estimate of drug-likeness (QED) is 0.733. The van der Waals surface area contributed by atoms with Gasteiger partial charge < -0.3 is 25.4 Å². The molecule has 8 nitrogen and oxygen atoms in total. The molecule has 0 saturated carbocycles. The number of rotatable bonds is 4. The lowest BCUT2D eigenvalue weighted by molar-refractivity contribution is 0.313. The Bertz CT molecular complexity index is 923. The van der Waals surface area contributed by atoms with E-state index in [2.05, 4.69) is 75.2 Å². The molecule has 3 aromatic rings. The van der Waals surface area contributed by atoms with Crippen molar-refractivity contribution < 1.29 is 0 Å². The number of anilines is 4. The van der Waals surface area contributed by atoms with Crippen molar-refractivity contribution in [2.75, 3.05) is 49.2 Å². The number of nitrogens with one attached hydrogen (secondary N) is 1. The first-order valence-electron chi connectivity index (χ1n) is 9.32. The molecule has 0 atom stereocenters. The van der Waals surface area contributed by atoms with Crippen LogP contribution in [0.4, 0.5) is 23.1 Å². The Balaban J connectivity index is 1.54. The molecule has 1 saturated heterocycles. The second-order valence-corrected chi connectivity index (χ2v) is 7.31. The van der Waals surface area contributed by atoms with E-state index in [0.29, 0.717) is 17.3 Å². The van der Waals surface area contributed by atoms with Crippen molar-refractivity contribution in [1.29, 1.82) is 0 Å². The number of imidazole rings is 1. The van der Waals surface area contributed by atoms with E-state index < -0.39 is 0 Å². The topological polar surface area (TPSA) is 88.1 Å². The molecule has 8 heteroatoms. The standard InChI is InChI=1S/C19H26N8/c1-13(2)27-12-21-16-17(20)23-19(24-18(16)27)22-14-4-6-15(7-5-14)26-10-8-25(3)9-11-26/h4-7,12-13H,8-11H2,1-3H3,(H3,20,22,23,24). The molecule has 1 aliphatic heterocycles. The van der Waals surface area contributed by atoms with E-state index in [1.807, 2.05) is 4.57 Å². The first kappa shape index (κ1) is 17.5. The van der Waals surface area contributed by atoms with Crippen molar-refractivity contribution in [3.8, 4) is 0 Å². The Morgan fingerprint density at radius 3 is 2.41 bits per heavy atom. The summed E-state index contributed by atoms with van der Waals surface area (Å²) in [6.45, 7) is 8.47. The molecule has 1 fully saturated rings. The fourth-order valence-electron chi connectivity index (χ4n) is 3.32. The highest BCUT2D eigenvalue weighted by Crippen LogP contribution is 2.24. The van der Waals surface area contributed by atoms with Gasteiger partial charge in [0, 0.05) is 43.6 Å². The molecule has 1 aliphatic rings. The zero-order valence-electron chi connectivity index (χ0n) is 16.1. The number of hydrogen-bond acceptors (Lipinski definition) is 7. The van der Waals surface area contributed by atoms with Crippen molar-refractivity contribution in [2.45, 2.75) is 19.9 Å². The summed E-state index contributed by atoms with van der Waals surface area (Å²) in [6, 6.07) is 8.62. The Morgan fingerprint density at radius 1 is 1.04 bits per heavy atom. The second-order valence-electron chi connectivity index (χ2n) is 7.31. The SMILES string of the molecule is CC(C)n1cnc2c(N)nc(Nc3ccc(N4CCN(C)CC4)cc3)nc21. The number of fused-ring (bicyclic) bond motifs is 1. The van der Waals surface area contributed by atoms with E-state index in [1.165, 1.54) is 5.69 Å². The maximum Gasteiger partial charge on any atom is 0.231 e. The van der Waals surface area contributed by atoms with Crippen LogP contribution in [0.3, 0.4) is 0 Å². The monoisotopic (exact) mass is 366 g/mol. The average molecular weight is 366 g/mol. The smallest absolute Gasteiger partial charge is 0.231 e. The van der Waals surface area contributed by atoms with Gasteiger partial charge in [-0.15, -0.1) is 0 Å². The van der Waals surface area contributed by atoms with Gasteiger partial charge in [-0.2, -0.15) is 9.97 Å². The highest BCUT2D eigenvalue weighted by atomic mass is 15.2. The lowest BCUT2D eigenvalue weighted by atomic mass is 10.2. The minimum atomic E-state index is 0.250. The van der Waals surface area contributed by atoms with E-state index in [4.69, 9.17) is 5.73 Å². The molecule has 0 radical (unpaired) electrons. The second kappa shape index (κ2) is 7.03. The van der Waals surface area contributed by atoms with Gasteiger partial charge in [0.2, 0.25) is 5.95 Å². The third-order valence-electron chi connectivity index (χ3n) is 5.00. The van der Waals surface area contributed by atoms with Crippen molar-refractivity contribution >= 4 is 34.3 Å². The molecule has 0 aliphatic carbocycles. The number of nitrogens with two attached hydrogens (primary N) is 1. The van der Waals surface area contributed by atoms with Crippen LogP contribution in [0.15, 0.2) is 30.6 Å². The third kappa shape index (κ3) is 3.52. The van der Waals surface area contributed by atoms with E-state index in [9.17, 15) is 0 Å². The third-order valence-corrected chi connectivity index (χ3v) is 5.00. The zero-order valence-corrected chi connectivity index (χ0v) is 16.1. The van der Waals surface area contributed by atoms with E-state index in [-0.39, 0.29) is 6.04 Å². The summed E-state index contributed by atoms with van der Waals surface area (Å²) in [7, 11) is 2.16. The molecular weight excluding hydrogens is 340 g/mol. The van der Waals surface area contributed by atoms with Crippen LogP contribution in [-0.4, -0.2) is 57.6 Å². The lowest BCUT2D eigenvalue weighted by Gasteiger charge is -2.34. The Hall–Kier alpha value is -2.87. The number of benzene rings is 1. The van der Waals surface area contributed by atoms with Crippen LogP contribution in [-0.2, 0) is 0 Å². The van der Waals surface area contributed by atoms with Gasteiger partial charge in [0.1, 0.15) is 5.52 Å². The summed E-state index contributed by atoms with van der Waals surface area (Å²) < 4.78 is 2.00. The maximum atomic E-state index is 6.08. The molecule has 0 spiro atoms. The normalized spacial score (nSPS) is 15.6. The van der Waals surface area contributed by atoms with Crippen LogP contribution in [0.5, 0.6) is 0 Å². The first-order chi connectivity index (χ1) is 13.0. The van der Waals surface area contributed by atoms with Crippen LogP contribution in [0.25, 0.3) is 11.2 Å². The van der Waals surface area contributed by atoms with Gasteiger partial charge >= 0.3 is 0 Å². The molecule has 3 heterocycles. The fraction of sp³-hybridized carbons (Fsp3) is 0.421. The molecule has 0 bridgehead atoms.